The minimum absolute atomic E-state index is 0.294. The molecule has 0 fully saturated rings. The predicted octanol–water partition coefficient (Wildman–Crippen LogP) is 2.28. The molecule has 1 rings (SSSR count). The van der Waals surface area contributed by atoms with Crippen LogP contribution >= 0.6 is 11.6 Å². The molecule has 0 aliphatic rings. The molecule has 1 N–H and O–H groups in total. The molecule has 0 aliphatic carbocycles. The van der Waals surface area contributed by atoms with E-state index in [4.69, 9.17) is 16.3 Å². The third-order valence-electron chi connectivity index (χ3n) is 1.49. The molecular weight excluding hydrogens is 264 g/mol. The monoisotopic (exact) mass is 276 g/mol. The maximum Gasteiger partial charge on any atom is 0.449 e. The molecule has 0 aromatic carbocycles. The molecule has 17 heavy (non-hydrogen) atoms. The topological polar surface area (TPSA) is 74.3 Å². The lowest BCUT2D eigenvalue weighted by Crippen LogP contribution is -2.36. The molecular formula is C10H13ClN2O3S. The minimum Gasteiger partial charge on any atom is -0.588 e. The summed E-state index contributed by atoms with van der Waals surface area (Å²) >= 11 is 3.88. The Balaban J connectivity index is 2.57. The molecule has 0 aliphatic heterocycles. The van der Waals surface area contributed by atoms with E-state index in [-0.39, 0.29) is 0 Å². The molecule has 1 aromatic heterocycles. The van der Waals surface area contributed by atoms with Gasteiger partial charge in [0.25, 0.3) is 0 Å². The summed E-state index contributed by atoms with van der Waals surface area (Å²) in [5, 5.41) is 0.294. The van der Waals surface area contributed by atoms with Gasteiger partial charge in [-0.15, -0.1) is 4.72 Å². The number of pyridine rings is 1. The lowest BCUT2D eigenvalue weighted by Gasteiger charge is -2.19. The Morgan fingerprint density at radius 3 is 2.65 bits per heavy atom. The van der Waals surface area contributed by atoms with E-state index >= 15 is 0 Å². The number of carbonyl (C=O) groups excluding carboxylic acids is 1. The summed E-state index contributed by atoms with van der Waals surface area (Å²) in [4.78, 5) is 15.4. The summed E-state index contributed by atoms with van der Waals surface area (Å²) < 4.78 is 18.8. The van der Waals surface area contributed by atoms with Crippen molar-refractivity contribution in [2.45, 2.75) is 31.3 Å². The molecule has 0 bridgehead atoms. The number of hydrogen-bond donors (Lipinski definition) is 1. The van der Waals surface area contributed by atoms with Crippen LogP contribution in [-0.2, 0) is 16.1 Å². The normalized spacial score (nSPS) is 13.0. The standard InChI is InChI=1S/C10H13ClN2O3S/c1-10(2,3)16-9(14)13-17(15)7-4-5-8(11)12-6-7/h4-6H,1-3H3,(H,13,14). The maximum absolute atomic E-state index is 11.7. The van der Waals surface area contributed by atoms with Crippen LogP contribution < -0.4 is 4.72 Å². The number of nitrogens with zero attached hydrogens (tertiary/aromatic N) is 1. The summed E-state index contributed by atoms with van der Waals surface area (Å²) in [6, 6.07) is 3.01. The van der Waals surface area contributed by atoms with Gasteiger partial charge in [-0.3, -0.25) is 0 Å². The van der Waals surface area contributed by atoms with Gasteiger partial charge in [-0.1, -0.05) is 11.6 Å². The lowest BCUT2D eigenvalue weighted by atomic mass is 10.2. The van der Waals surface area contributed by atoms with Gasteiger partial charge >= 0.3 is 6.09 Å². The van der Waals surface area contributed by atoms with Crippen LogP contribution in [0.1, 0.15) is 20.8 Å². The van der Waals surface area contributed by atoms with Gasteiger partial charge in [0, 0.05) is 6.07 Å². The summed E-state index contributed by atoms with van der Waals surface area (Å²) in [5.41, 5.74) is -0.632. The lowest BCUT2D eigenvalue weighted by molar-refractivity contribution is 0.0570. The van der Waals surface area contributed by atoms with Crippen LogP contribution in [0.15, 0.2) is 23.2 Å². The number of ether oxygens (including phenoxy) is 1. The van der Waals surface area contributed by atoms with Gasteiger partial charge in [-0.05, 0) is 26.8 Å². The minimum atomic E-state index is -1.70. The Bertz CT molecular complexity index is 392. The number of aromatic nitrogens is 1. The highest BCUT2D eigenvalue weighted by Gasteiger charge is 2.22. The van der Waals surface area contributed by atoms with Crippen LogP contribution in [0.5, 0.6) is 0 Å². The van der Waals surface area contributed by atoms with Crippen LogP contribution in [0.4, 0.5) is 4.79 Å². The Morgan fingerprint density at radius 2 is 2.18 bits per heavy atom. The second-order valence-electron chi connectivity index (χ2n) is 4.19. The van der Waals surface area contributed by atoms with Crippen LogP contribution in [-0.4, -0.2) is 21.2 Å². The first-order valence-electron chi connectivity index (χ1n) is 4.81. The van der Waals surface area contributed by atoms with Gasteiger partial charge in [-0.2, -0.15) is 0 Å². The molecule has 5 nitrogen and oxygen atoms in total. The van der Waals surface area contributed by atoms with Crippen molar-refractivity contribution in [1.29, 1.82) is 0 Å². The fraction of sp³-hybridized carbons (Fsp3) is 0.400. The maximum atomic E-state index is 11.7. The number of carbonyl (C=O) groups is 1. The molecule has 0 radical (unpaired) electrons. The third kappa shape index (κ3) is 5.25. The smallest absolute Gasteiger partial charge is 0.449 e. The van der Waals surface area contributed by atoms with E-state index < -0.39 is 23.1 Å². The molecule has 1 amide bonds. The number of hydrogen-bond acceptors (Lipinski definition) is 4. The molecule has 1 unspecified atom stereocenters. The Labute approximate surface area is 108 Å². The van der Waals surface area contributed by atoms with E-state index in [2.05, 4.69) is 9.71 Å². The summed E-state index contributed by atoms with van der Waals surface area (Å²) in [6.45, 7) is 5.16. The second-order valence-corrected chi connectivity index (χ2v) is 5.79. The number of halogens is 1. The first kappa shape index (κ1) is 14.1. The van der Waals surface area contributed by atoms with Crippen molar-refractivity contribution in [2.75, 3.05) is 0 Å². The van der Waals surface area contributed by atoms with Crippen LogP contribution in [0.25, 0.3) is 0 Å². The summed E-state index contributed by atoms with van der Waals surface area (Å²) in [5.74, 6) is 0. The average Bonchev–Trinajstić information content (AvgIpc) is 2.15. The van der Waals surface area contributed by atoms with Crippen molar-refractivity contribution in [3.05, 3.63) is 23.5 Å². The molecule has 1 heterocycles. The van der Waals surface area contributed by atoms with Crippen molar-refractivity contribution < 1.29 is 14.1 Å². The fourth-order valence-electron chi connectivity index (χ4n) is 0.905. The van der Waals surface area contributed by atoms with E-state index in [1.54, 1.807) is 20.8 Å². The average molecular weight is 277 g/mol. The predicted molar refractivity (Wildman–Crippen MR) is 65.0 cm³/mol. The Hall–Kier alpha value is -0.980. The van der Waals surface area contributed by atoms with Gasteiger partial charge in [0.05, 0.1) is 6.20 Å². The molecule has 1 aromatic rings. The molecule has 7 heteroatoms. The third-order valence-corrected chi connectivity index (χ3v) is 2.73. The highest BCUT2D eigenvalue weighted by molar-refractivity contribution is 7.90. The summed E-state index contributed by atoms with van der Waals surface area (Å²) in [6.07, 6.45) is 0.585. The Kier molecular flexibility index (Phi) is 4.62. The van der Waals surface area contributed by atoms with E-state index in [1.165, 1.54) is 18.3 Å². The van der Waals surface area contributed by atoms with Gasteiger partial charge < -0.3 is 9.29 Å². The zero-order valence-corrected chi connectivity index (χ0v) is 11.3. The molecule has 0 saturated carbocycles. The largest absolute Gasteiger partial charge is 0.588 e. The van der Waals surface area contributed by atoms with E-state index in [0.717, 1.165) is 0 Å². The quantitative estimate of drug-likeness (QED) is 0.664. The van der Waals surface area contributed by atoms with Gasteiger partial charge in [0.15, 0.2) is 4.90 Å². The van der Waals surface area contributed by atoms with E-state index in [1.807, 2.05) is 0 Å². The molecule has 1 atom stereocenters. The highest BCUT2D eigenvalue weighted by atomic mass is 35.5. The second kappa shape index (κ2) is 5.57. The number of amides is 1. The van der Waals surface area contributed by atoms with Crippen molar-refractivity contribution >= 4 is 29.1 Å². The Morgan fingerprint density at radius 1 is 1.53 bits per heavy atom. The van der Waals surface area contributed by atoms with Crippen molar-refractivity contribution in [3.8, 4) is 0 Å². The number of nitrogens with one attached hydrogen (secondary N) is 1. The zero-order chi connectivity index (χ0) is 13.1. The zero-order valence-electron chi connectivity index (χ0n) is 9.69. The molecule has 0 spiro atoms. The SMILES string of the molecule is CC(C)(C)OC(=O)N[S+]([O-])c1ccc(Cl)nc1. The first-order chi connectivity index (χ1) is 7.78. The van der Waals surface area contributed by atoms with E-state index in [0.29, 0.717) is 10.0 Å². The van der Waals surface area contributed by atoms with E-state index in [9.17, 15) is 9.35 Å². The molecule has 94 valence electrons. The first-order valence-corrected chi connectivity index (χ1v) is 6.34. The molecule has 0 saturated heterocycles. The van der Waals surface area contributed by atoms with Crippen LogP contribution in [0.2, 0.25) is 5.15 Å². The van der Waals surface area contributed by atoms with Crippen LogP contribution in [0.3, 0.4) is 0 Å². The number of rotatable bonds is 2. The summed E-state index contributed by atoms with van der Waals surface area (Å²) in [7, 11) is 0. The van der Waals surface area contributed by atoms with Gasteiger partial charge in [0.1, 0.15) is 22.1 Å². The van der Waals surface area contributed by atoms with Gasteiger partial charge in [0.2, 0.25) is 0 Å². The fourth-order valence-corrected chi connectivity index (χ4v) is 1.67. The van der Waals surface area contributed by atoms with Crippen molar-refractivity contribution in [3.63, 3.8) is 0 Å². The van der Waals surface area contributed by atoms with Crippen LogP contribution in [0, 0.1) is 0 Å². The van der Waals surface area contributed by atoms with Crippen molar-refractivity contribution in [1.82, 2.24) is 9.71 Å². The highest BCUT2D eigenvalue weighted by Crippen LogP contribution is 2.12. The van der Waals surface area contributed by atoms with Gasteiger partial charge in [-0.25, -0.2) is 9.78 Å². The van der Waals surface area contributed by atoms with Crippen molar-refractivity contribution in [2.24, 2.45) is 0 Å².